The third kappa shape index (κ3) is 13.0. The second-order valence-corrected chi connectivity index (χ2v) is 27.0. The number of anilines is 1. The third-order valence-electron chi connectivity index (χ3n) is 12.6. The molecule has 82 heavy (non-hydrogen) atoms. The molecule has 9 heterocycles. The summed E-state index contributed by atoms with van der Waals surface area (Å²) < 4.78 is 82.5. The van der Waals surface area contributed by atoms with Gasteiger partial charge in [-0.05, 0) is 0 Å². The minimum atomic E-state index is -1.27. The summed E-state index contributed by atoms with van der Waals surface area (Å²) in [6, 6.07) is 29.5. The van der Waals surface area contributed by atoms with E-state index in [4.69, 9.17) is 41.0 Å². The first kappa shape index (κ1) is 58.7. The maximum atomic E-state index is 15.5. The third-order valence-corrected chi connectivity index (χ3v) is 21.5. The van der Waals surface area contributed by atoms with Gasteiger partial charge in [0.1, 0.15) is 0 Å². The number of benzene rings is 3. The summed E-state index contributed by atoms with van der Waals surface area (Å²) in [5, 5.41) is 0. The first-order valence-corrected chi connectivity index (χ1v) is 31.2. The van der Waals surface area contributed by atoms with Gasteiger partial charge >= 0.3 is 496 Å². The van der Waals surface area contributed by atoms with Crippen molar-refractivity contribution >= 4 is 133 Å². The molecule has 0 aliphatic carbocycles. The predicted molar refractivity (Wildman–Crippen MR) is 307 cm³/mol. The van der Waals surface area contributed by atoms with Gasteiger partial charge in [0.05, 0.1) is 0 Å². The molecule has 3 fully saturated rings. The van der Waals surface area contributed by atoms with Crippen LogP contribution >= 0.6 is 11.6 Å². The van der Waals surface area contributed by atoms with Crippen LogP contribution < -0.4 is 19.1 Å². The molecule has 3 saturated heterocycles. The summed E-state index contributed by atoms with van der Waals surface area (Å²) in [5.41, 5.74) is 7.88. The summed E-state index contributed by atoms with van der Waals surface area (Å²) in [5.74, 6) is 1.09. The fraction of sp³-hybridized carbons (Fsp3) is 0.340. The Morgan fingerprint density at radius 2 is 0.866 bits per heavy atom. The van der Waals surface area contributed by atoms with Crippen molar-refractivity contribution in [2.24, 2.45) is 9.98 Å². The number of rotatable bonds is 15. The van der Waals surface area contributed by atoms with Crippen molar-refractivity contribution in [3.05, 3.63) is 129 Å². The predicted octanol–water partition coefficient (Wildman–Crippen LogP) is 5.07. The molecule has 29 heteroatoms. The molecule has 0 amide bonds. The Morgan fingerprint density at radius 3 is 1.27 bits per heavy atom. The molecule has 6 aromatic heterocycles. The van der Waals surface area contributed by atoms with E-state index in [0.717, 1.165) is 13.4 Å². The van der Waals surface area contributed by atoms with Crippen LogP contribution in [0.25, 0.3) is 33.5 Å². The van der Waals surface area contributed by atoms with Crippen molar-refractivity contribution in [1.82, 2.24) is 68.4 Å². The van der Waals surface area contributed by atoms with Crippen LogP contribution in [0.5, 0.6) is 0 Å². The Labute approximate surface area is 492 Å². The second-order valence-electron chi connectivity index (χ2n) is 18.7. The SMILES string of the molecule is CN(C)C=Nc1ncnc2c1ncn2[C@@H]1O[C@H](Cl)[C@H]([Se]c2ccccc2)[C@@H]1F.CO[C@H]1O[C@@H](n2cnc3c(N)ncnc32)[C@@H](F)[C@H]1[Se]c1ccccc1.CO[C@H]1O[C@@H](n2cnc3c(N=CN(C)C)ncnc32)[C@@H](F)[C@H]1[Se]c1ccccc1. The average molecular weight is 1340 g/mol. The van der Waals surface area contributed by atoms with Crippen molar-refractivity contribution in [3.63, 3.8) is 0 Å². The summed E-state index contributed by atoms with van der Waals surface area (Å²) in [7, 11) is 10.5. The number of ether oxygens (including phenoxy) is 5. The Kier molecular flexibility index (Phi) is 19.2. The first-order chi connectivity index (χ1) is 39.8. The van der Waals surface area contributed by atoms with E-state index in [0.29, 0.717) is 45.1 Å². The number of nitrogens with zero attached hydrogens (tertiary/aromatic N) is 16. The van der Waals surface area contributed by atoms with Crippen molar-refractivity contribution in [1.29, 1.82) is 0 Å². The fourth-order valence-electron chi connectivity index (χ4n) is 8.80. The number of imidazole rings is 3. The van der Waals surface area contributed by atoms with Crippen molar-refractivity contribution in [2.45, 2.75) is 69.8 Å². The molecule has 3 aliphatic rings. The molecule has 0 saturated carbocycles. The molecule has 0 unspecified atom stereocenters. The Morgan fingerprint density at radius 1 is 0.512 bits per heavy atom. The zero-order valence-electron chi connectivity index (χ0n) is 44.7. The summed E-state index contributed by atoms with van der Waals surface area (Å²) >= 11 is 5.91. The zero-order chi connectivity index (χ0) is 57.4. The van der Waals surface area contributed by atoms with Gasteiger partial charge in [-0.1, -0.05) is 0 Å². The summed E-state index contributed by atoms with van der Waals surface area (Å²) in [6.45, 7) is 0. The van der Waals surface area contributed by atoms with Gasteiger partial charge in [-0.25, -0.2) is 0 Å². The number of alkyl halides is 4. The molecule has 9 aromatic rings. The fourth-order valence-corrected chi connectivity index (χ4v) is 16.5. The van der Waals surface area contributed by atoms with Crippen LogP contribution in [0.15, 0.2) is 139 Å². The number of hydrogen-bond acceptors (Lipinski definition) is 17. The Balaban J connectivity index is 0.000000138. The van der Waals surface area contributed by atoms with Gasteiger partial charge in [-0.15, -0.1) is 0 Å². The normalized spacial score (nSPS) is 25.2. The molecule has 12 atom stereocenters. The molecular weight excluding hydrogens is 1280 g/mol. The monoisotopic (exact) mass is 1340 g/mol. The molecular formula is C53H55ClF3N17O5Se3. The van der Waals surface area contributed by atoms with Crippen LogP contribution in [-0.4, -0.2) is 205 Å². The maximum absolute atomic E-state index is 15.5. The van der Waals surface area contributed by atoms with E-state index >= 15 is 13.2 Å². The number of aliphatic imine (C=N–C) groups is 2. The molecule has 3 aliphatic heterocycles. The van der Waals surface area contributed by atoms with Crippen LogP contribution in [0.2, 0.25) is 14.4 Å². The van der Waals surface area contributed by atoms with Gasteiger partial charge in [-0.2, -0.15) is 0 Å². The van der Waals surface area contributed by atoms with Gasteiger partial charge in [0, 0.05) is 0 Å². The van der Waals surface area contributed by atoms with E-state index < -0.39 is 60.2 Å². The Hall–Kier alpha value is -6.51. The first-order valence-electron chi connectivity index (χ1n) is 25.2. The van der Waals surface area contributed by atoms with Crippen LogP contribution in [-0.2, 0) is 23.7 Å². The minimum absolute atomic E-state index is 0.138. The van der Waals surface area contributed by atoms with Gasteiger partial charge < -0.3 is 0 Å². The topological polar surface area (TPSA) is 234 Å². The van der Waals surface area contributed by atoms with E-state index in [9.17, 15) is 0 Å². The molecule has 22 nitrogen and oxygen atoms in total. The standard InChI is InChI=1S/C19H21FN6O2Se.C18H18ClFN6OSe.C16H16FN5O2Se/c1-25(2)10-24-16-14-17(22-9-21-16)26(11-23-14)18-13(20)15(19(27-3)28-18)29-12-7-5-4-6-8-12;1-25(2)9-24-16-13-17(22-8-21-16)26(10-23-13)18-12(20)14(15(19)27-18)28-11-6-4-3-5-7-11;1-23-16-12(25-9-5-3-2-4-6-9)10(17)15(24-16)22-8-21-11-13(18)19-7-20-14(11)22/h4-11,13,15,18-19H,1-3H3;3-10,12,14-15,18H,1-2H3;2-8,10,12,15-16H,1H3,(H2,18,19,20)/t13-,15+,18+,19-;12-,14+,15-,18+;10-,12+,15+,16-/m000/s1. The number of nitrogen functional groups attached to an aromatic ring is 1. The number of nitrogens with two attached hydrogens (primary N) is 1. The molecule has 0 bridgehead atoms. The number of hydrogen-bond donors (Lipinski definition) is 1. The molecule has 2 N–H and O–H groups in total. The van der Waals surface area contributed by atoms with Crippen LogP contribution in [0.4, 0.5) is 30.6 Å². The molecule has 428 valence electrons. The van der Waals surface area contributed by atoms with Crippen molar-refractivity contribution < 1.29 is 36.9 Å². The van der Waals surface area contributed by atoms with Crippen molar-refractivity contribution in [2.75, 3.05) is 48.1 Å². The van der Waals surface area contributed by atoms with E-state index in [1.165, 1.54) is 52.2 Å². The van der Waals surface area contributed by atoms with Gasteiger partial charge in [0.2, 0.25) is 0 Å². The number of halogens is 4. The molecule has 3 aromatic carbocycles. The van der Waals surface area contributed by atoms with Crippen molar-refractivity contribution in [3.8, 4) is 0 Å². The molecule has 0 radical (unpaired) electrons. The average Bonchev–Trinajstić information content (AvgIpc) is 4.47. The summed E-state index contributed by atoms with van der Waals surface area (Å²) in [6.07, 6.45) is 4.20. The van der Waals surface area contributed by atoms with Crippen LogP contribution in [0.1, 0.15) is 18.7 Å². The zero-order valence-corrected chi connectivity index (χ0v) is 50.6. The molecule has 12 rings (SSSR count). The van der Waals surface area contributed by atoms with Gasteiger partial charge in [-0.3, -0.25) is 0 Å². The van der Waals surface area contributed by atoms with Crippen LogP contribution in [0.3, 0.4) is 0 Å². The van der Waals surface area contributed by atoms with E-state index in [2.05, 4.69) is 54.8 Å². The molecule has 0 spiro atoms. The number of fused-ring (bicyclic) bond motifs is 3. The quantitative estimate of drug-likeness (QED) is 0.0611. The van der Waals surface area contributed by atoms with E-state index in [1.54, 1.807) is 36.2 Å². The second kappa shape index (κ2) is 26.8. The number of aromatic nitrogens is 12. The van der Waals surface area contributed by atoms with E-state index in [-0.39, 0.29) is 60.3 Å². The Bertz CT molecular complexity index is 3600. The van der Waals surface area contributed by atoms with Crippen LogP contribution in [0, 0.1) is 0 Å². The van der Waals surface area contributed by atoms with Gasteiger partial charge in [0.25, 0.3) is 0 Å². The van der Waals surface area contributed by atoms with E-state index in [1.807, 2.05) is 119 Å². The van der Waals surface area contributed by atoms with Gasteiger partial charge in [0.15, 0.2) is 0 Å². The number of methoxy groups -OCH3 is 2. The summed E-state index contributed by atoms with van der Waals surface area (Å²) in [4.78, 5) is 48.8.